The van der Waals surface area contributed by atoms with E-state index in [1.807, 2.05) is 37.1 Å². The normalized spacial score (nSPS) is 18.2. The van der Waals surface area contributed by atoms with Gasteiger partial charge >= 0.3 is 6.09 Å². The number of carbonyl (C=O) groups is 1. The number of likely N-dealkylation sites (tertiary alicyclic amines) is 1. The molecule has 1 amide bonds. The molecule has 1 aromatic rings. The Hall–Kier alpha value is -1.58. The molecule has 1 N–H and O–H groups in total. The second-order valence-corrected chi connectivity index (χ2v) is 8.31. The highest BCUT2D eigenvalue weighted by Gasteiger charge is 2.27. The number of nitrogens with one attached hydrogen (secondary N) is 1. The fraction of sp³-hybridized carbons (Fsp3) is 0.667. The van der Waals surface area contributed by atoms with E-state index >= 15 is 0 Å². The van der Waals surface area contributed by atoms with Crippen LogP contribution in [0.4, 0.5) is 4.79 Å². The lowest BCUT2D eigenvalue weighted by molar-refractivity contribution is 0.0162. The van der Waals surface area contributed by atoms with Crippen molar-refractivity contribution in [3.8, 4) is 6.07 Å². The Labute approximate surface area is 148 Å². The molecule has 2 rings (SSSR count). The summed E-state index contributed by atoms with van der Waals surface area (Å²) in [4.78, 5) is 15.2. The molecule has 1 fully saturated rings. The van der Waals surface area contributed by atoms with Gasteiger partial charge in [0.25, 0.3) is 0 Å². The zero-order valence-electron chi connectivity index (χ0n) is 14.8. The van der Waals surface area contributed by atoms with Gasteiger partial charge in [0, 0.05) is 29.9 Å². The van der Waals surface area contributed by atoms with Crippen molar-refractivity contribution in [1.29, 1.82) is 5.26 Å². The fourth-order valence-corrected chi connectivity index (χ4v) is 3.62. The second kappa shape index (κ2) is 8.50. The predicted molar refractivity (Wildman–Crippen MR) is 95.9 cm³/mol. The van der Waals surface area contributed by atoms with Gasteiger partial charge in [-0.15, -0.1) is 11.3 Å². The number of ether oxygens (including phenoxy) is 1. The molecule has 1 aliphatic rings. The van der Waals surface area contributed by atoms with E-state index in [1.54, 1.807) is 11.3 Å². The Balaban J connectivity index is 1.69. The van der Waals surface area contributed by atoms with Gasteiger partial charge in [0.1, 0.15) is 11.7 Å². The van der Waals surface area contributed by atoms with Crippen molar-refractivity contribution in [1.82, 2.24) is 10.2 Å². The van der Waals surface area contributed by atoms with Gasteiger partial charge in [0.05, 0.1) is 5.56 Å². The highest BCUT2D eigenvalue weighted by molar-refractivity contribution is 7.10. The molecule has 0 spiro atoms. The molecule has 2 heterocycles. The minimum absolute atomic E-state index is 0.192. The third-order valence-corrected chi connectivity index (χ3v) is 4.92. The smallest absolute Gasteiger partial charge is 0.410 e. The van der Waals surface area contributed by atoms with Crippen LogP contribution in [0.15, 0.2) is 11.4 Å². The van der Waals surface area contributed by atoms with E-state index in [0.29, 0.717) is 5.92 Å². The summed E-state index contributed by atoms with van der Waals surface area (Å²) in [5, 5.41) is 14.1. The van der Waals surface area contributed by atoms with E-state index in [-0.39, 0.29) is 6.09 Å². The number of thiophene rings is 1. The number of nitriles is 1. The number of amides is 1. The number of hydrogen-bond donors (Lipinski definition) is 1. The predicted octanol–water partition coefficient (Wildman–Crippen LogP) is 3.75. The Bertz CT molecular complexity index is 586. The van der Waals surface area contributed by atoms with Crippen molar-refractivity contribution in [2.45, 2.75) is 52.2 Å². The van der Waals surface area contributed by atoms with Crippen molar-refractivity contribution in [2.24, 2.45) is 5.92 Å². The molecule has 1 aromatic heterocycles. The van der Waals surface area contributed by atoms with Gasteiger partial charge in [-0.3, -0.25) is 0 Å². The van der Waals surface area contributed by atoms with Crippen molar-refractivity contribution < 1.29 is 9.53 Å². The molecule has 5 nitrogen and oxygen atoms in total. The van der Waals surface area contributed by atoms with E-state index in [4.69, 9.17) is 10.00 Å². The summed E-state index contributed by atoms with van der Waals surface area (Å²) in [7, 11) is 0. The Morgan fingerprint density at radius 3 is 3.00 bits per heavy atom. The van der Waals surface area contributed by atoms with Gasteiger partial charge in [-0.1, -0.05) is 0 Å². The number of rotatable bonds is 5. The molecular formula is C18H27N3O2S. The first-order valence-electron chi connectivity index (χ1n) is 8.53. The van der Waals surface area contributed by atoms with Crippen molar-refractivity contribution in [3.63, 3.8) is 0 Å². The largest absolute Gasteiger partial charge is 0.444 e. The second-order valence-electron chi connectivity index (χ2n) is 7.31. The summed E-state index contributed by atoms with van der Waals surface area (Å²) in [6.45, 7) is 9.01. The van der Waals surface area contributed by atoms with E-state index in [9.17, 15) is 4.79 Å². The molecule has 0 aliphatic carbocycles. The van der Waals surface area contributed by atoms with Crippen LogP contribution in [-0.4, -0.2) is 36.2 Å². The topological polar surface area (TPSA) is 65.4 Å². The first-order valence-corrected chi connectivity index (χ1v) is 9.41. The molecule has 6 heteroatoms. The highest BCUT2D eigenvalue weighted by Crippen LogP contribution is 2.21. The fourth-order valence-electron chi connectivity index (χ4n) is 2.84. The van der Waals surface area contributed by atoms with Crippen LogP contribution in [0.2, 0.25) is 0 Å². The lowest BCUT2D eigenvalue weighted by Crippen LogP contribution is -2.43. The van der Waals surface area contributed by atoms with Crippen LogP contribution in [0.3, 0.4) is 0 Å². The van der Waals surface area contributed by atoms with Crippen molar-refractivity contribution >= 4 is 17.4 Å². The van der Waals surface area contributed by atoms with Gasteiger partial charge in [0.2, 0.25) is 0 Å². The van der Waals surface area contributed by atoms with Crippen LogP contribution < -0.4 is 5.32 Å². The van der Waals surface area contributed by atoms with E-state index in [1.165, 1.54) is 11.3 Å². The summed E-state index contributed by atoms with van der Waals surface area (Å²) in [6.07, 6.45) is 3.07. The molecule has 0 aromatic carbocycles. The first-order chi connectivity index (χ1) is 11.4. The maximum absolute atomic E-state index is 12.2. The van der Waals surface area contributed by atoms with Gasteiger partial charge in [0.15, 0.2) is 0 Å². The quantitative estimate of drug-likeness (QED) is 0.822. The molecule has 0 radical (unpaired) electrons. The highest BCUT2D eigenvalue weighted by atomic mass is 32.1. The molecule has 24 heavy (non-hydrogen) atoms. The van der Waals surface area contributed by atoms with E-state index in [0.717, 1.165) is 44.6 Å². The van der Waals surface area contributed by atoms with E-state index < -0.39 is 5.60 Å². The molecule has 0 bridgehead atoms. The van der Waals surface area contributed by atoms with Gasteiger partial charge in [-0.2, -0.15) is 5.26 Å². The van der Waals surface area contributed by atoms with Crippen LogP contribution in [0.5, 0.6) is 0 Å². The van der Waals surface area contributed by atoms with Crippen molar-refractivity contribution in [2.75, 3.05) is 19.6 Å². The third kappa shape index (κ3) is 6.14. The van der Waals surface area contributed by atoms with Gasteiger partial charge in [-0.25, -0.2) is 4.79 Å². The first kappa shape index (κ1) is 18.8. The Morgan fingerprint density at radius 1 is 1.54 bits per heavy atom. The summed E-state index contributed by atoms with van der Waals surface area (Å²) in [5.41, 5.74) is 0.297. The van der Waals surface area contributed by atoms with Gasteiger partial charge < -0.3 is 15.0 Å². The van der Waals surface area contributed by atoms with Crippen LogP contribution in [0.25, 0.3) is 0 Å². The molecule has 132 valence electrons. The average molecular weight is 350 g/mol. The van der Waals surface area contributed by atoms with Crippen LogP contribution >= 0.6 is 11.3 Å². The lowest BCUT2D eigenvalue weighted by atomic mass is 9.95. The van der Waals surface area contributed by atoms with Crippen molar-refractivity contribution in [3.05, 3.63) is 21.9 Å². The van der Waals surface area contributed by atoms with E-state index in [2.05, 4.69) is 11.4 Å². The average Bonchev–Trinajstić information content (AvgIpc) is 2.98. The summed E-state index contributed by atoms with van der Waals surface area (Å²) >= 11 is 1.62. The Kier molecular flexibility index (Phi) is 6.64. The minimum atomic E-state index is -0.436. The monoisotopic (exact) mass is 349 g/mol. The molecule has 1 aliphatic heterocycles. The number of carbonyl (C=O) groups excluding carboxylic acids is 1. The minimum Gasteiger partial charge on any atom is -0.444 e. The van der Waals surface area contributed by atoms with Crippen LogP contribution in [0, 0.1) is 17.2 Å². The molecule has 0 saturated carbocycles. The summed E-state index contributed by atoms with van der Waals surface area (Å²) in [5.74, 6) is 0.525. The van der Waals surface area contributed by atoms with Crippen LogP contribution in [-0.2, 0) is 11.3 Å². The SMILES string of the molecule is CC(C)(C)OC(=O)N1CCCC(CCNCc2cc(C#N)cs2)C1. The molecule has 1 saturated heterocycles. The maximum Gasteiger partial charge on any atom is 0.410 e. The molecule has 1 atom stereocenters. The maximum atomic E-state index is 12.2. The zero-order chi connectivity index (χ0) is 17.6. The lowest BCUT2D eigenvalue weighted by Gasteiger charge is -2.34. The van der Waals surface area contributed by atoms with Crippen LogP contribution in [0.1, 0.15) is 50.5 Å². The number of piperidine rings is 1. The zero-order valence-corrected chi connectivity index (χ0v) is 15.6. The standard InChI is InChI=1S/C18H27N3O2S/c1-18(2,3)23-17(22)21-8-4-5-14(12-21)6-7-20-11-16-9-15(10-19)13-24-16/h9,13-14,20H,4-8,11-12H2,1-3H3. The third-order valence-electron chi connectivity index (χ3n) is 3.98. The Morgan fingerprint density at radius 2 is 2.33 bits per heavy atom. The number of nitrogens with zero attached hydrogens (tertiary/aromatic N) is 2. The molecule has 1 unspecified atom stereocenters. The number of hydrogen-bond acceptors (Lipinski definition) is 5. The van der Waals surface area contributed by atoms with Gasteiger partial charge in [-0.05, 0) is 58.6 Å². The molecular weight excluding hydrogens is 322 g/mol. The summed E-state index contributed by atoms with van der Waals surface area (Å²) < 4.78 is 5.47. The summed E-state index contributed by atoms with van der Waals surface area (Å²) in [6, 6.07) is 4.09.